The van der Waals surface area contributed by atoms with E-state index < -0.39 is 0 Å². The van der Waals surface area contributed by atoms with Crippen molar-refractivity contribution in [1.29, 1.82) is 0 Å². The molecular weight excluding hydrogens is 264 g/mol. The van der Waals surface area contributed by atoms with E-state index in [9.17, 15) is 5.11 Å². The van der Waals surface area contributed by atoms with E-state index in [0.29, 0.717) is 11.5 Å². The number of likely N-dealkylation sites (tertiary alicyclic amines) is 1. The molecule has 0 bridgehead atoms. The topological polar surface area (TPSA) is 44.7 Å². The van der Waals surface area contributed by atoms with Gasteiger partial charge in [0.1, 0.15) is 11.5 Å². The van der Waals surface area contributed by atoms with Crippen LogP contribution in [0.5, 0.6) is 11.5 Å². The summed E-state index contributed by atoms with van der Waals surface area (Å²) in [7, 11) is 1.61. The molecule has 1 unspecified atom stereocenters. The third-order valence-corrected chi connectivity index (χ3v) is 4.46. The van der Waals surface area contributed by atoms with Crippen LogP contribution in [0.15, 0.2) is 18.2 Å². The normalized spacial score (nSPS) is 18.6. The number of phenolic OH excluding ortho intramolecular Hbond substituents is 1. The highest BCUT2D eigenvalue weighted by Gasteiger charge is 2.16. The lowest BCUT2D eigenvalue weighted by Crippen LogP contribution is -2.38. The maximum Gasteiger partial charge on any atom is 0.124 e. The van der Waals surface area contributed by atoms with Gasteiger partial charge in [0.15, 0.2) is 0 Å². The number of rotatable bonds is 6. The van der Waals surface area contributed by atoms with Crippen molar-refractivity contribution in [2.45, 2.75) is 32.7 Å². The van der Waals surface area contributed by atoms with Crippen LogP contribution < -0.4 is 10.1 Å². The zero-order chi connectivity index (χ0) is 15.2. The van der Waals surface area contributed by atoms with Crippen molar-refractivity contribution in [2.24, 2.45) is 5.92 Å². The molecule has 0 aromatic heterocycles. The van der Waals surface area contributed by atoms with Gasteiger partial charge in [-0.15, -0.1) is 0 Å². The molecule has 21 heavy (non-hydrogen) atoms. The third kappa shape index (κ3) is 4.61. The first-order valence-electron chi connectivity index (χ1n) is 7.92. The number of nitrogens with zero attached hydrogens (tertiary/aromatic N) is 1. The Labute approximate surface area is 128 Å². The van der Waals surface area contributed by atoms with Crippen molar-refractivity contribution in [1.82, 2.24) is 10.2 Å². The van der Waals surface area contributed by atoms with Crippen LogP contribution in [0.3, 0.4) is 0 Å². The minimum atomic E-state index is 0.139. The number of hydrogen-bond donors (Lipinski definition) is 2. The maximum absolute atomic E-state index is 10.0. The van der Waals surface area contributed by atoms with Gasteiger partial charge >= 0.3 is 0 Å². The third-order valence-electron chi connectivity index (χ3n) is 4.46. The second-order valence-electron chi connectivity index (χ2n) is 6.12. The van der Waals surface area contributed by atoms with E-state index in [1.165, 1.54) is 25.9 Å². The van der Waals surface area contributed by atoms with Gasteiger partial charge in [-0.25, -0.2) is 0 Å². The molecule has 1 aromatic carbocycles. The quantitative estimate of drug-likeness (QED) is 0.846. The van der Waals surface area contributed by atoms with Gasteiger partial charge in [0.25, 0.3) is 0 Å². The molecule has 2 N–H and O–H groups in total. The summed E-state index contributed by atoms with van der Waals surface area (Å²) >= 11 is 0. The number of nitrogens with one attached hydrogen (secondary N) is 1. The van der Waals surface area contributed by atoms with Crippen LogP contribution in [-0.2, 0) is 0 Å². The lowest BCUT2D eigenvalue weighted by atomic mass is 9.99. The number of ether oxygens (including phenoxy) is 1. The van der Waals surface area contributed by atoms with Crippen molar-refractivity contribution in [2.75, 3.05) is 33.3 Å². The van der Waals surface area contributed by atoms with Gasteiger partial charge in [-0.05, 0) is 44.8 Å². The van der Waals surface area contributed by atoms with Crippen molar-refractivity contribution in [3.8, 4) is 11.5 Å². The van der Waals surface area contributed by atoms with E-state index >= 15 is 0 Å². The number of methoxy groups -OCH3 is 1. The van der Waals surface area contributed by atoms with Gasteiger partial charge < -0.3 is 20.1 Å². The fourth-order valence-electron chi connectivity index (χ4n) is 2.85. The van der Waals surface area contributed by atoms with Crippen LogP contribution in [0.2, 0.25) is 0 Å². The molecule has 0 spiro atoms. The summed E-state index contributed by atoms with van der Waals surface area (Å²) in [4.78, 5) is 2.52. The van der Waals surface area contributed by atoms with Crippen LogP contribution in [0.25, 0.3) is 0 Å². The molecule has 118 valence electrons. The van der Waals surface area contributed by atoms with Gasteiger partial charge in [0.05, 0.1) is 7.11 Å². The maximum atomic E-state index is 10.0. The second-order valence-corrected chi connectivity index (χ2v) is 6.12. The molecule has 1 aromatic rings. The van der Waals surface area contributed by atoms with E-state index in [0.717, 1.165) is 24.6 Å². The average molecular weight is 292 g/mol. The van der Waals surface area contributed by atoms with Crippen LogP contribution in [0, 0.1) is 5.92 Å². The molecule has 0 radical (unpaired) electrons. The van der Waals surface area contributed by atoms with Gasteiger partial charge in [-0.2, -0.15) is 0 Å². The van der Waals surface area contributed by atoms with E-state index in [1.807, 2.05) is 12.1 Å². The summed E-state index contributed by atoms with van der Waals surface area (Å²) in [6.45, 7) is 8.87. The molecule has 1 fully saturated rings. The highest BCUT2D eigenvalue weighted by atomic mass is 16.5. The second kappa shape index (κ2) is 7.66. The molecule has 0 saturated carbocycles. The van der Waals surface area contributed by atoms with Crippen LogP contribution in [0.4, 0.5) is 0 Å². The largest absolute Gasteiger partial charge is 0.507 e. The van der Waals surface area contributed by atoms with Crippen molar-refractivity contribution < 1.29 is 9.84 Å². The van der Waals surface area contributed by atoms with E-state index in [-0.39, 0.29) is 6.04 Å². The molecule has 1 heterocycles. The molecule has 1 aliphatic rings. The number of aromatic hydroxyl groups is 1. The zero-order valence-electron chi connectivity index (χ0n) is 13.4. The number of phenols is 1. The summed E-state index contributed by atoms with van der Waals surface area (Å²) < 4.78 is 5.11. The van der Waals surface area contributed by atoms with E-state index in [4.69, 9.17) is 4.74 Å². The van der Waals surface area contributed by atoms with Crippen LogP contribution in [-0.4, -0.2) is 43.3 Å². The van der Waals surface area contributed by atoms with Gasteiger partial charge in [-0.1, -0.05) is 13.0 Å². The SMILES string of the molecule is COc1ccc(C(C)NCCN2CCC(C)CC2)c(O)c1. The van der Waals surface area contributed by atoms with Gasteiger partial charge in [0.2, 0.25) is 0 Å². The molecule has 4 heteroatoms. The Balaban J connectivity index is 1.78. The first kappa shape index (κ1) is 16.1. The highest BCUT2D eigenvalue weighted by molar-refractivity contribution is 5.41. The Hall–Kier alpha value is -1.26. The number of piperidine rings is 1. The average Bonchev–Trinajstić information content (AvgIpc) is 2.49. The first-order valence-corrected chi connectivity index (χ1v) is 7.92. The Morgan fingerprint density at radius 3 is 2.71 bits per heavy atom. The number of benzene rings is 1. The zero-order valence-corrected chi connectivity index (χ0v) is 13.4. The van der Waals surface area contributed by atoms with Crippen molar-refractivity contribution in [3.63, 3.8) is 0 Å². The molecule has 1 saturated heterocycles. The van der Waals surface area contributed by atoms with Crippen molar-refractivity contribution in [3.05, 3.63) is 23.8 Å². The summed E-state index contributed by atoms with van der Waals surface area (Å²) in [6, 6.07) is 5.62. The van der Waals surface area contributed by atoms with Gasteiger partial charge in [0, 0.05) is 30.8 Å². The molecular formula is C17H28N2O2. The lowest BCUT2D eigenvalue weighted by molar-refractivity contribution is 0.191. The molecule has 1 aliphatic heterocycles. The highest BCUT2D eigenvalue weighted by Crippen LogP contribution is 2.28. The van der Waals surface area contributed by atoms with Gasteiger partial charge in [-0.3, -0.25) is 0 Å². The summed E-state index contributed by atoms with van der Waals surface area (Å²) in [5.41, 5.74) is 0.920. The van der Waals surface area contributed by atoms with E-state index in [2.05, 4.69) is 24.1 Å². The monoisotopic (exact) mass is 292 g/mol. The predicted octanol–water partition coefficient (Wildman–Crippen LogP) is 2.78. The Kier molecular flexibility index (Phi) is 5.88. The fourth-order valence-corrected chi connectivity index (χ4v) is 2.85. The first-order chi connectivity index (χ1) is 10.1. The Morgan fingerprint density at radius 1 is 1.38 bits per heavy atom. The molecule has 1 atom stereocenters. The molecule has 2 rings (SSSR count). The lowest BCUT2D eigenvalue weighted by Gasteiger charge is -2.30. The van der Waals surface area contributed by atoms with E-state index in [1.54, 1.807) is 13.2 Å². The Bertz CT molecular complexity index is 442. The number of hydrogen-bond acceptors (Lipinski definition) is 4. The minimum Gasteiger partial charge on any atom is -0.507 e. The summed E-state index contributed by atoms with van der Waals surface area (Å²) in [6.07, 6.45) is 2.63. The molecule has 0 amide bonds. The Morgan fingerprint density at radius 2 is 2.10 bits per heavy atom. The van der Waals surface area contributed by atoms with Crippen molar-refractivity contribution >= 4 is 0 Å². The minimum absolute atomic E-state index is 0.139. The van der Waals surface area contributed by atoms with Crippen LogP contribution >= 0.6 is 0 Å². The fraction of sp³-hybridized carbons (Fsp3) is 0.647. The smallest absolute Gasteiger partial charge is 0.124 e. The summed E-state index contributed by atoms with van der Waals surface area (Å²) in [5.74, 6) is 1.86. The summed E-state index contributed by atoms with van der Waals surface area (Å²) in [5, 5.41) is 13.5. The molecule has 4 nitrogen and oxygen atoms in total. The standard InChI is InChI=1S/C17H28N2O2/c1-13-6-9-19(10-7-13)11-8-18-14(2)16-5-4-15(21-3)12-17(16)20/h4-5,12-14,18,20H,6-11H2,1-3H3. The molecule has 0 aliphatic carbocycles. The van der Waals surface area contributed by atoms with Crippen LogP contribution in [0.1, 0.15) is 38.3 Å². The predicted molar refractivity (Wildman–Crippen MR) is 85.9 cm³/mol.